The van der Waals surface area contributed by atoms with E-state index in [2.05, 4.69) is 0 Å². The summed E-state index contributed by atoms with van der Waals surface area (Å²) in [5.41, 5.74) is 0. The summed E-state index contributed by atoms with van der Waals surface area (Å²) < 4.78 is 10.1. The van der Waals surface area contributed by atoms with E-state index in [9.17, 15) is 0 Å². The van der Waals surface area contributed by atoms with Gasteiger partial charge in [-0.15, -0.1) is 0 Å². The van der Waals surface area contributed by atoms with E-state index in [0.29, 0.717) is 0 Å². The van der Waals surface area contributed by atoms with E-state index in [0.717, 1.165) is 21.0 Å². The van der Waals surface area contributed by atoms with E-state index in [1.54, 1.807) is 0 Å². The summed E-state index contributed by atoms with van der Waals surface area (Å²) in [5, 5.41) is 0. The first-order chi connectivity index (χ1) is 3.41. The minimum absolute atomic E-state index is 0.152. The lowest BCUT2D eigenvalue weighted by Gasteiger charge is -1.93. The highest BCUT2D eigenvalue weighted by molar-refractivity contribution is 8.39. The number of hydrogen-bond donors (Lipinski definition) is 0. The largest absolute Gasteiger partial charge is 0.461 e. The van der Waals surface area contributed by atoms with Crippen LogP contribution in [0.2, 0.25) is 0 Å². The van der Waals surface area contributed by atoms with Crippen molar-refractivity contribution in [1.82, 2.24) is 0 Å². The van der Waals surface area contributed by atoms with Crippen LogP contribution in [-0.2, 0) is 8.23 Å². The van der Waals surface area contributed by atoms with Crippen molar-refractivity contribution in [3.63, 3.8) is 0 Å². The molecule has 0 aromatic carbocycles. The van der Waals surface area contributed by atoms with Gasteiger partial charge in [0.25, 0.3) is 0 Å². The van der Waals surface area contributed by atoms with E-state index < -0.39 is 0 Å². The van der Waals surface area contributed by atoms with Gasteiger partial charge in [-0.3, -0.25) is 0 Å². The van der Waals surface area contributed by atoms with Crippen LogP contribution >= 0.6 is 10.7 Å². The summed E-state index contributed by atoms with van der Waals surface area (Å²) in [6.45, 7) is 0. The van der Waals surface area contributed by atoms with Gasteiger partial charge in [-0.05, 0) is 0 Å². The molecule has 0 unspecified atom stereocenters. The zero-order valence-electron chi connectivity index (χ0n) is 4.64. The van der Waals surface area contributed by atoms with Crippen LogP contribution in [0.15, 0.2) is 0 Å². The lowest BCUT2D eigenvalue weighted by Crippen LogP contribution is -1.95. The Balaban J connectivity index is 2.45. The number of rotatable bonds is 4. The van der Waals surface area contributed by atoms with Crippen LogP contribution in [0.3, 0.4) is 0 Å². The Hall–Kier alpha value is 1.14. The topological polar surface area (TPSA) is 18.5 Å². The zero-order valence-corrected chi connectivity index (χ0v) is 12.3. The third kappa shape index (κ3) is 7.14. The molecule has 7 heavy (non-hydrogen) atoms. The summed E-state index contributed by atoms with van der Waals surface area (Å²) in [6, 6.07) is 0. The SMILES string of the molecule is [SiH3]O[SiH2]S[SiH2]O[SiH3]. The molecule has 2 nitrogen and oxygen atoms in total. The highest BCUT2D eigenvalue weighted by atomic mass is 32.5. The molecule has 0 saturated carbocycles. The standard InChI is InChI=1S/H10O2SSi4/c4-1-6-3-7-2-5/h6-7H2,4-5H3. The molecular formula is H10O2SSi4. The van der Waals surface area contributed by atoms with Crippen LogP contribution in [0, 0.1) is 0 Å². The fourth-order valence-electron chi connectivity index (χ4n) is 0.201. The maximum atomic E-state index is 5.05. The third-order valence-corrected chi connectivity index (χ3v) is 10.9. The van der Waals surface area contributed by atoms with Crippen molar-refractivity contribution in [1.29, 1.82) is 0 Å². The molecule has 44 valence electrons. The molecule has 0 aliphatic heterocycles. The van der Waals surface area contributed by atoms with Crippen molar-refractivity contribution in [3.8, 4) is 0 Å². The summed E-state index contributed by atoms with van der Waals surface area (Å²) in [6.07, 6.45) is 0. The summed E-state index contributed by atoms with van der Waals surface area (Å²) >= 11 is 0. The van der Waals surface area contributed by atoms with Crippen LogP contribution in [0.5, 0.6) is 0 Å². The van der Waals surface area contributed by atoms with E-state index in [-0.39, 0.29) is 17.8 Å². The molecule has 0 spiro atoms. The quantitative estimate of drug-likeness (QED) is 0.333. The van der Waals surface area contributed by atoms with Gasteiger partial charge in [-0.2, -0.15) is 10.7 Å². The molecule has 0 aromatic rings. The molecule has 7 heteroatoms. The molecule has 0 heterocycles. The fourth-order valence-corrected chi connectivity index (χ4v) is 14.4. The molecule has 0 N–H and O–H groups in total. The maximum absolute atomic E-state index is 5.05. The molecule has 0 bridgehead atoms. The third-order valence-electron chi connectivity index (χ3n) is 0.402. The Labute approximate surface area is 58.0 Å². The van der Waals surface area contributed by atoms with E-state index >= 15 is 0 Å². The second kappa shape index (κ2) is 7.14. The van der Waals surface area contributed by atoms with Gasteiger partial charge in [-0.1, -0.05) is 0 Å². The smallest absolute Gasteiger partial charge is 0.205 e. The van der Waals surface area contributed by atoms with Crippen molar-refractivity contribution in [2.45, 2.75) is 0 Å². The lowest BCUT2D eigenvalue weighted by atomic mass is 15.8. The molecule has 0 aliphatic rings. The molecule has 0 fully saturated rings. The summed E-state index contributed by atoms with van der Waals surface area (Å²) in [4.78, 5) is 0. The molecule has 0 rings (SSSR count). The minimum Gasteiger partial charge on any atom is -0.461 e. The van der Waals surface area contributed by atoms with E-state index in [1.807, 2.05) is 10.7 Å². The highest BCUT2D eigenvalue weighted by Crippen LogP contribution is 1.89. The highest BCUT2D eigenvalue weighted by Gasteiger charge is 1.82. The van der Waals surface area contributed by atoms with Gasteiger partial charge < -0.3 is 8.23 Å². The monoisotopic (exact) mass is 186 g/mol. The average Bonchev–Trinajstić information content (AvgIpc) is 1.69. The average molecular weight is 186 g/mol. The molecular weight excluding hydrogens is 176 g/mol. The Morgan fingerprint density at radius 1 is 1.14 bits per heavy atom. The first kappa shape index (κ1) is 8.14. The maximum Gasteiger partial charge on any atom is 0.205 e. The molecule has 0 aromatic heterocycles. The molecule has 0 radical (unpaired) electrons. The Morgan fingerprint density at radius 3 is 1.86 bits per heavy atom. The Kier molecular flexibility index (Phi) is 8.30. The molecule has 0 saturated heterocycles. The van der Waals surface area contributed by atoms with Gasteiger partial charge >= 0.3 is 0 Å². The number of hydrogen-bond acceptors (Lipinski definition) is 3. The summed E-state index contributed by atoms with van der Waals surface area (Å²) in [7, 11) is 3.50. The van der Waals surface area contributed by atoms with E-state index in [4.69, 9.17) is 8.23 Å². The lowest BCUT2D eigenvalue weighted by molar-refractivity contribution is 0.679. The van der Waals surface area contributed by atoms with Crippen molar-refractivity contribution in [3.05, 3.63) is 0 Å². The van der Waals surface area contributed by atoms with Gasteiger partial charge in [0.1, 0.15) is 21.0 Å². The second-order valence-electron chi connectivity index (χ2n) is 1.02. The minimum atomic E-state index is -0.152. The van der Waals surface area contributed by atoms with Crippen LogP contribution in [0.1, 0.15) is 0 Å². The van der Waals surface area contributed by atoms with Gasteiger partial charge in [0.05, 0.1) is 0 Å². The zero-order chi connectivity index (χ0) is 5.54. The Morgan fingerprint density at radius 2 is 1.57 bits per heavy atom. The van der Waals surface area contributed by atoms with Gasteiger partial charge in [0.2, 0.25) is 17.8 Å². The van der Waals surface area contributed by atoms with Gasteiger partial charge in [0, 0.05) is 0 Å². The second-order valence-corrected chi connectivity index (χ2v) is 12.8. The Bertz CT molecular complexity index is 28.9. The van der Waals surface area contributed by atoms with Crippen LogP contribution in [0.4, 0.5) is 0 Å². The van der Waals surface area contributed by atoms with Gasteiger partial charge in [-0.25, -0.2) is 0 Å². The van der Waals surface area contributed by atoms with Crippen LogP contribution in [-0.4, -0.2) is 38.8 Å². The van der Waals surface area contributed by atoms with Crippen LogP contribution in [0.25, 0.3) is 0 Å². The van der Waals surface area contributed by atoms with Gasteiger partial charge in [0.15, 0.2) is 0 Å². The summed E-state index contributed by atoms with van der Waals surface area (Å²) in [5.74, 6) is 0. The molecule has 0 aliphatic carbocycles. The van der Waals surface area contributed by atoms with Crippen molar-refractivity contribution in [2.75, 3.05) is 0 Å². The van der Waals surface area contributed by atoms with E-state index in [1.165, 1.54) is 0 Å². The van der Waals surface area contributed by atoms with Crippen molar-refractivity contribution >= 4 is 49.5 Å². The fraction of sp³-hybridized carbons (Fsp3) is 0. The van der Waals surface area contributed by atoms with Crippen molar-refractivity contribution < 1.29 is 8.23 Å². The van der Waals surface area contributed by atoms with Crippen LogP contribution < -0.4 is 0 Å². The predicted octanol–water partition coefficient (Wildman–Crippen LogP) is -3.69. The van der Waals surface area contributed by atoms with Crippen molar-refractivity contribution in [2.24, 2.45) is 0 Å². The normalized spacial score (nSPS) is 13.7. The predicted molar refractivity (Wildman–Crippen MR) is 46.7 cm³/mol. The molecule has 0 atom stereocenters. The first-order valence-corrected chi connectivity index (χ1v) is 9.38. The first-order valence-electron chi connectivity index (χ1n) is 1.97. The molecule has 0 amide bonds.